The maximum Gasteiger partial charge on any atom is 0.309 e. The number of carbonyl (C=O) groups is 3. The van der Waals surface area contributed by atoms with Gasteiger partial charge in [0.15, 0.2) is 0 Å². The largest absolute Gasteiger partial charge is 0.463 e. The predicted octanol–water partition coefficient (Wildman–Crippen LogP) is 5.15. The summed E-state index contributed by atoms with van der Waals surface area (Å²) in [6, 6.07) is 17.4. The molecule has 7 heteroatoms. The number of carbonyl (C=O) groups excluding carboxylic acids is 3. The molecule has 0 bridgehead atoms. The number of aliphatic hydroxyl groups excluding tert-OH is 1. The van der Waals surface area contributed by atoms with E-state index in [4.69, 9.17) is 4.74 Å². The van der Waals surface area contributed by atoms with Gasteiger partial charge in [0.05, 0.1) is 30.5 Å². The molecule has 0 saturated heterocycles. The van der Waals surface area contributed by atoms with E-state index in [1.165, 1.54) is 19.3 Å². The van der Waals surface area contributed by atoms with E-state index in [9.17, 15) is 19.5 Å². The third-order valence-electron chi connectivity index (χ3n) is 9.46. The number of nitrogens with one attached hydrogen (secondary N) is 1. The van der Waals surface area contributed by atoms with E-state index in [1.54, 1.807) is 4.90 Å². The fourth-order valence-corrected chi connectivity index (χ4v) is 6.95. The Bertz CT molecular complexity index is 1260. The van der Waals surface area contributed by atoms with Crippen molar-refractivity contribution in [1.29, 1.82) is 0 Å². The van der Waals surface area contributed by atoms with Crippen LogP contribution < -0.4 is 5.32 Å². The van der Waals surface area contributed by atoms with Crippen LogP contribution in [0.4, 0.5) is 0 Å². The van der Waals surface area contributed by atoms with Crippen molar-refractivity contribution >= 4 is 17.8 Å². The summed E-state index contributed by atoms with van der Waals surface area (Å²) < 4.78 is 5.89. The Hall–Kier alpha value is -3.45. The van der Waals surface area contributed by atoms with E-state index in [-0.39, 0.29) is 55.4 Å². The van der Waals surface area contributed by atoms with Crippen LogP contribution in [0.1, 0.15) is 74.5 Å². The first-order chi connectivity index (χ1) is 21.0. The minimum Gasteiger partial charge on any atom is -0.463 e. The first-order valence-electron chi connectivity index (χ1n) is 16.1. The number of esters is 1. The molecule has 0 spiro atoms. The van der Waals surface area contributed by atoms with Crippen LogP contribution in [0.15, 0.2) is 66.7 Å². The van der Waals surface area contributed by atoms with Gasteiger partial charge in [-0.3, -0.25) is 14.4 Å². The van der Waals surface area contributed by atoms with Crippen LogP contribution in [0.3, 0.4) is 0 Å². The summed E-state index contributed by atoms with van der Waals surface area (Å²) in [6.45, 7) is 0.465. The number of ether oxygens (including phenoxy) is 1. The molecule has 1 aliphatic carbocycles. The zero-order valence-corrected chi connectivity index (χ0v) is 25.2. The Labute approximate surface area is 255 Å². The van der Waals surface area contributed by atoms with Crippen LogP contribution in [0.5, 0.6) is 0 Å². The lowest BCUT2D eigenvalue weighted by Gasteiger charge is -2.37. The highest BCUT2D eigenvalue weighted by atomic mass is 16.5. The third kappa shape index (κ3) is 8.56. The fourth-order valence-electron chi connectivity index (χ4n) is 6.95. The highest BCUT2D eigenvalue weighted by Gasteiger charge is 2.33. The van der Waals surface area contributed by atoms with Gasteiger partial charge < -0.3 is 20.1 Å². The van der Waals surface area contributed by atoms with E-state index in [1.807, 2.05) is 60.7 Å². The number of cyclic esters (lactones) is 1. The lowest BCUT2D eigenvalue weighted by atomic mass is 9.84. The first-order valence-corrected chi connectivity index (χ1v) is 16.1. The SMILES string of the molecule is O=C1NC(CC2CCCCC2)COC(=O)C(Cc2ccccc2)CC=CCC1CC(=O)N1Cc2ccccc2CC1CO. The number of fused-ring (bicyclic) bond motifs is 1. The normalized spacial score (nSPS) is 25.6. The molecule has 0 radical (unpaired) electrons. The van der Waals surface area contributed by atoms with Gasteiger partial charge in [-0.2, -0.15) is 0 Å². The average molecular weight is 587 g/mol. The quantitative estimate of drug-likeness (QED) is 0.346. The molecule has 0 aromatic heterocycles. The highest BCUT2D eigenvalue weighted by molar-refractivity contribution is 5.86. The van der Waals surface area contributed by atoms with Crippen molar-refractivity contribution in [1.82, 2.24) is 10.2 Å². The van der Waals surface area contributed by atoms with Gasteiger partial charge in [-0.1, -0.05) is 98.9 Å². The Kier molecular flexibility index (Phi) is 11.0. The molecule has 3 aliphatic rings. The molecule has 1 saturated carbocycles. The zero-order valence-electron chi connectivity index (χ0n) is 25.2. The van der Waals surface area contributed by atoms with Gasteiger partial charge in [0.1, 0.15) is 6.61 Å². The summed E-state index contributed by atoms with van der Waals surface area (Å²) >= 11 is 0. The van der Waals surface area contributed by atoms with Crippen LogP contribution in [0.25, 0.3) is 0 Å². The van der Waals surface area contributed by atoms with Crippen LogP contribution >= 0.6 is 0 Å². The number of allylic oxidation sites excluding steroid dienone is 2. The molecule has 4 unspecified atom stereocenters. The minimum atomic E-state index is -0.545. The molecule has 1 fully saturated rings. The molecule has 2 amide bonds. The molecule has 5 rings (SSSR count). The Morgan fingerprint density at radius 3 is 2.35 bits per heavy atom. The summed E-state index contributed by atoms with van der Waals surface area (Å²) in [5.74, 6) is -0.894. The number of amides is 2. The zero-order chi connectivity index (χ0) is 30.0. The Morgan fingerprint density at radius 1 is 0.907 bits per heavy atom. The Morgan fingerprint density at radius 2 is 1.60 bits per heavy atom. The summed E-state index contributed by atoms with van der Waals surface area (Å²) in [5, 5.41) is 13.3. The van der Waals surface area contributed by atoms with E-state index < -0.39 is 5.92 Å². The molecule has 4 atom stereocenters. The minimum absolute atomic E-state index is 0.0677. The van der Waals surface area contributed by atoms with E-state index in [0.29, 0.717) is 38.1 Å². The van der Waals surface area contributed by atoms with Gasteiger partial charge in [0.25, 0.3) is 0 Å². The van der Waals surface area contributed by atoms with Crippen molar-refractivity contribution in [3.8, 4) is 0 Å². The number of hydrogen-bond donors (Lipinski definition) is 2. The van der Waals surface area contributed by atoms with Gasteiger partial charge in [-0.25, -0.2) is 0 Å². The lowest BCUT2D eigenvalue weighted by Crippen LogP contribution is -2.48. The summed E-state index contributed by atoms with van der Waals surface area (Å²) in [7, 11) is 0. The van der Waals surface area contributed by atoms with E-state index in [2.05, 4.69) is 11.4 Å². The average Bonchev–Trinajstić information content (AvgIpc) is 3.03. The predicted molar refractivity (Wildman–Crippen MR) is 166 cm³/mol. The van der Waals surface area contributed by atoms with E-state index >= 15 is 0 Å². The second kappa shape index (κ2) is 15.3. The van der Waals surface area contributed by atoms with Crippen molar-refractivity contribution in [2.24, 2.45) is 17.8 Å². The molecule has 43 heavy (non-hydrogen) atoms. The molecule has 2 aliphatic heterocycles. The third-order valence-corrected chi connectivity index (χ3v) is 9.46. The van der Waals surface area contributed by atoms with Crippen LogP contribution in [0.2, 0.25) is 0 Å². The maximum atomic E-state index is 13.7. The van der Waals surface area contributed by atoms with Crippen molar-refractivity contribution < 1.29 is 24.2 Å². The molecular weight excluding hydrogens is 540 g/mol. The maximum absolute atomic E-state index is 13.7. The Balaban J connectivity index is 1.33. The van der Waals surface area contributed by atoms with Crippen molar-refractivity contribution in [2.45, 2.75) is 89.3 Å². The number of nitrogens with zero attached hydrogens (tertiary/aromatic N) is 1. The van der Waals surface area contributed by atoms with Crippen molar-refractivity contribution in [3.63, 3.8) is 0 Å². The first kappa shape index (κ1) is 31.0. The van der Waals surface area contributed by atoms with Gasteiger partial charge in [0.2, 0.25) is 11.8 Å². The smallest absolute Gasteiger partial charge is 0.309 e. The molecule has 2 aromatic rings. The molecule has 7 nitrogen and oxygen atoms in total. The van der Waals surface area contributed by atoms with Crippen molar-refractivity contribution in [2.75, 3.05) is 13.2 Å². The molecule has 2 N–H and O–H groups in total. The fraction of sp³-hybridized carbons (Fsp3) is 0.528. The second-order valence-electron chi connectivity index (χ2n) is 12.6. The number of rotatable bonds is 7. The number of aliphatic hydroxyl groups is 1. The second-order valence-corrected chi connectivity index (χ2v) is 12.6. The lowest BCUT2D eigenvalue weighted by molar-refractivity contribution is -0.150. The van der Waals surface area contributed by atoms with Crippen LogP contribution in [-0.4, -0.2) is 53.1 Å². The van der Waals surface area contributed by atoms with Gasteiger partial charge in [-0.15, -0.1) is 0 Å². The van der Waals surface area contributed by atoms with Crippen molar-refractivity contribution in [3.05, 3.63) is 83.4 Å². The molecule has 2 aromatic carbocycles. The highest BCUT2D eigenvalue weighted by Crippen LogP contribution is 2.29. The van der Waals surface area contributed by atoms with Crippen LogP contribution in [-0.2, 0) is 38.5 Å². The van der Waals surface area contributed by atoms with E-state index in [0.717, 1.165) is 36.0 Å². The number of benzene rings is 2. The van der Waals surface area contributed by atoms with Gasteiger partial charge in [0, 0.05) is 13.0 Å². The summed E-state index contributed by atoms with van der Waals surface area (Å²) in [5.41, 5.74) is 3.33. The monoisotopic (exact) mass is 586 g/mol. The standard InChI is InChI=1S/C36H46N2O5/c39-24-33-21-28-15-7-10-18-31(28)23-38(33)34(40)22-29-16-8-9-17-30(19-26-11-3-1-4-12-26)36(42)43-25-32(37-35(29)41)20-27-13-5-2-6-14-27/h1,3-4,7-12,15,18,27,29-30,32-33,39H,2,5-6,13-14,16-17,19-25H2,(H,37,41). The number of hydrogen-bond acceptors (Lipinski definition) is 5. The van der Waals surface area contributed by atoms with Gasteiger partial charge in [-0.05, 0) is 54.7 Å². The topological polar surface area (TPSA) is 95.9 Å². The molecule has 2 heterocycles. The molecule has 230 valence electrons. The summed E-state index contributed by atoms with van der Waals surface area (Å²) in [4.78, 5) is 42.4. The molecular formula is C36H46N2O5. The summed E-state index contributed by atoms with van der Waals surface area (Å²) in [6.07, 6.45) is 12.7. The van der Waals surface area contributed by atoms with Gasteiger partial charge >= 0.3 is 5.97 Å². The van der Waals surface area contributed by atoms with Crippen LogP contribution in [0, 0.1) is 17.8 Å².